The molecule has 0 atom stereocenters. The van der Waals surface area contributed by atoms with Crippen molar-refractivity contribution in [2.45, 2.75) is 26.4 Å². The number of guanidine groups is 1. The van der Waals surface area contributed by atoms with E-state index in [2.05, 4.69) is 4.99 Å². The molecule has 0 aliphatic heterocycles. The van der Waals surface area contributed by atoms with Crippen LogP contribution in [0.3, 0.4) is 0 Å². The third-order valence-corrected chi connectivity index (χ3v) is 2.34. The number of ether oxygens (including phenoxy) is 1. The fraction of sp³-hybridized carbons (Fsp3) is 0.462. The lowest BCUT2D eigenvalue weighted by Crippen LogP contribution is -2.34. The topological polar surface area (TPSA) is 50.9 Å². The van der Waals surface area contributed by atoms with Gasteiger partial charge in [0.25, 0.3) is 0 Å². The van der Waals surface area contributed by atoms with E-state index in [9.17, 15) is 0 Å². The molecule has 0 heterocycles. The number of rotatable bonds is 4. The summed E-state index contributed by atoms with van der Waals surface area (Å²) in [5, 5.41) is 0. The third kappa shape index (κ3) is 4.34. The Morgan fingerprint density at radius 2 is 2.18 bits per heavy atom. The van der Waals surface area contributed by atoms with E-state index >= 15 is 0 Å². The average Bonchev–Trinajstić information content (AvgIpc) is 2.28. The maximum absolute atomic E-state index is 5.88. The molecule has 17 heavy (non-hydrogen) atoms. The van der Waals surface area contributed by atoms with Gasteiger partial charge in [-0.05, 0) is 31.5 Å². The highest BCUT2D eigenvalue weighted by Crippen LogP contribution is 2.13. The van der Waals surface area contributed by atoms with Gasteiger partial charge in [0.15, 0.2) is 5.96 Å². The summed E-state index contributed by atoms with van der Waals surface area (Å²) >= 11 is 0. The van der Waals surface area contributed by atoms with Gasteiger partial charge in [0.1, 0.15) is 5.75 Å². The van der Waals surface area contributed by atoms with Crippen LogP contribution >= 0.6 is 0 Å². The number of methoxy groups -OCH3 is 1. The van der Waals surface area contributed by atoms with Crippen LogP contribution in [0.25, 0.3) is 0 Å². The predicted molar refractivity (Wildman–Crippen MR) is 71.2 cm³/mol. The van der Waals surface area contributed by atoms with Crippen molar-refractivity contribution in [1.82, 2.24) is 4.90 Å². The second-order valence-corrected chi connectivity index (χ2v) is 4.29. The largest absolute Gasteiger partial charge is 0.497 e. The van der Waals surface area contributed by atoms with Gasteiger partial charge in [-0.25, -0.2) is 0 Å². The Balaban J connectivity index is 2.70. The van der Waals surface area contributed by atoms with Gasteiger partial charge >= 0.3 is 0 Å². The van der Waals surface area contributed by atoms with E-state index in [1.807, 2.05) is 50.1 Å². The number of nitrogens with zero attached hydrogens (tertiary/aromatic N) is 2. The summed E-state index contributed by atoms with van der Waals surface area (Å²) in [6.07, 6.45) is 0. The standard InChI is InChI=1S/C13H21N3O/c1-10(2)15-13(14)16(3)9-11-6-5-7-12(8-11)17-4/h5-8,10H,9H2,1-4H3,(H2,14,15). The van der Waals surface area contributed by atoms with Crippen molar-refractivity contribution < 1.29 is 4.74 Å². The van der Waals surface area contributed by atoms with Crippen molar-refractivity contribution in [3.63, 3.8) is 0 Å². The maximum Gasteiger partial charge on any atom is 0.191 e. The molecule has 0 aliphatic carbocycles. The Bertz CT molecular complexity index is 388. The fourth-order valence-electron chi connectivity index (χ4n) is 1.49. The summed E-state index contributed by atoms with van der Waals surface area (Å²) < 4.78 is 5.18. The lowest BCUT2D eigenvalue weighted by atomic mass is 10.2. The van der Waals surface area contributed by atoms with E-state index in [0.717, 1.165) is 17.9 Å². The molecule has 0 fully saturated rings. The van der Waals surface area contributed by atoms with Crippen LogP contribution in [0.4, 0.5) is 0 Å². The molecule has 2 N–H and O–H groups in total. The van der Waals surface area contributed by atoms with Crippen LogP contribution in [0.2, 0.25) is 0 Å². The molecule has 94 valence electrons. The van der Waals surface area contributed by atoms with Gasteiger partial charge in [0.05, 0.1) is 7.11 Å². The van der Waals surface area contributed by atoms with Crippen LogP contribution < -0.4 is 10.5 Å². The van der Waals surface area contributed by atoms with Crippen LogP contribution in [0.5, 0.6) is 5.75 Å². The number of hydrogen-bond acceptors (Lipinski definition) is 2. The predicted octanol–water partition coefficient (Wildman–Crippen LogP) is 1.85. The molecule has 0 unspecified atom stereocenters. The minimum atomic E-state index is 0.211. The quantitative estimate of drug-likeness (QED) is 0.640. The molecule has 0 radical (unpaired) electrons. The molecular weight excluding hydrogens is 214 g/mol. The minimum absolute atomic E-state index is 0.211. The molecule has 0 bridgehead atoms. The normalized spacial score (nSPS) is 11.7. The minimum Gasteiger partial charge on any atom is -0.497 e. The summed E-state index contributed by atoms with van der Waals surface area (Å²) in [4.78, 5) is 6.23. The monoisotopic (exact) mass is 235 g/mol. The zero-order chi connectivity index (χ0) is 12.8. The van der Waals surface area contributed by atoms with Gasteiger partial charge in [-0.3, -0.25) is 4.99 Å². The lowest BCUT2D eigenvalue weighted by molar-refractivity contribution is 0.412. The van der Waals surface area contributed by atoms with Crippen LogP contribution in [-0.4, -0.2) is 31.1 Å². The van der Waals surface area contributed by atoms with Crippen molar-refractivity contribution >= 4 is 5.96 Å². The lowest BCUT2D eigenvalue weighted by Gasteiger charge is -2.19. The highest BCUT2D eigenvalue weighted by molar-refractivity contribution is 5.77. The van der Waals surface area contributed by atoms with Gasteiger partial charge in [-0.15, -0.1) is 0 Å². The van der Waals surface area contributed by atoms with Crippen LogP contribution in [0.15, 0.2) is 29.3 Å². The maximum atomic E-state index is 5.88. The van der Waals surface area contributed by atoms with Crippen LogP contribution in [0.1, 0.15) is 19.4 Å². The van der Waals surface area contributed by atoms with Crippen molar-refractivity contribution in [3.05, 3.63) is 29.8 Å². The number of benzene rings is 1. The van der Waals surface area contributed by atoms with Crippen LogP contribution in [0, 0.1) is 0 Å². The van der Waals surface area contributed by atoms with E-state index in [-0.39, 0.29) is 6.04 Å². The van der Waals surface area contributed by atoms with E-state index in [1.54, 1.807) is 7.11 Å². The molecule has 0 aliphatic rings. The zero-order valence-corrected chi connectivity index (χ0v) is 11.0. The second kappa shape index (κ2) is 6.13. The first kappa shape index (κ1) is 13.4. The first-order valence-electron chi connectivity index (χ1n) is 5.70. The Kier molecular flexibility index (Phi) is 4.82. The van der Waals surface area contributed by atoms with E-state index < -0.39 is 0 Å². The third-order valence-electron chi connectivity index (χ3n) is 2.34. The fourth-order valence-corrected chi connectivity index (χ4v) is 1.49. The molecule has 0 aromatic heterocycles. The second-order valence-electron chi connectivity index (χ2n) is 4.29. The van der Waals surface area contributed by atoms with Gasteiger partial charge in [0, 0.05) is 19.6 Å². The molecule has 0 saturated carbocycles. The average molecular weight is 235 g/mol. The van der Waals surface area contributed by atoms with Crippen molar-refractivity contribution in [2.75, 3.05) is 14.2 Å². The van der Waals surface area contributed by atoms with Gasteiger partial charge in [-0.1, -0.05) is 12.1 Å². The van der Waals surface area contributed by atoms with Gasteiger partial charge < -0.3 is 15.4 Å². The Morgan fingerprint density at radius 3 is 2.76 bits per heavy atom. The van der Waals surface area contributed by atoms with Gasteiger partial charge in [-0.2, -0.15) is 0 Å². The van der Waals surface area contributed by atoms with Crippen molar-refractivity contribution in [1.29, 1.82) is 0 Å². The van der Waals surface area contributed by atoms with E-state index in [4.69, 9.17) is 10.5 Å². The smallest absolute Gasteiger partial charge is 0.191 e. The summed E-state index contributed by atoms with van der Waals surface area (Å²) in [6.45, 7) is 4.73. The van der Waals surface area contributed by atoms with Crippen LogP contribution in [-0.2, 0) is 6.54 Å². The number of hydrogen-bond donors (Lipinski definition) is 1. The molecule has 4 heteroatoms. The van der Waals surface area contributed by atoms with Gasteiger partial charge in [0.2, 0.25) is 0 Å². The van der Waals surface area contributed by atoms with Crippen molar-refractivity contribution in [2.24, 2.45) is 10.7 Å². The molecular formula is C13H21N3O. The number of aliphatic imine (C=N–C) groups is 1. The zero-order valence-electron chi connectivity index (χ0n) is 11.0. The SMILES string of the molecule is COc1cccc(CN(C)C(N)=NC(C)C)c1. The molecule has 4 nitrogen and oxygen atoms in total. The number of nitrogens with two attached hydrogens (primary N) is 1. The Morgan fingerprint density at radius 1 is 1.47 bits per heavy atom. The molecule has 1 aromatic carbocycles. The first-order chi connectivity index (χ1) is 8.02. The van der Waals surface area contributed by atoms with E-state index in [0.29, 0.717) is 5.96 Å². The summed E-state index contributed by atoms with van der Waals surface area (Å²) in [5.74, 6) is 1.41. The summed E-state index contributed by atoms with van der Waals surface area (Å²) in [7, 11) is 3.60. The highest BCUT2D eigenvalue weighted by Gasteiger charge is 2.04. The molecule has 0 spiro atoms. The Hall–Kier alpha value is -1.71. The molecule has 0 saturated heterocycles. The van der Waals surface area contributed by atoms with E-state index in [1.165, 1.54) is 0 Å². The Labute approximate surface area is 103 Å². The van der Waals surface area contributed by atoms with Crippen molar-refractivity contribution in [3.8, 4) is 5.75 Å². The highest BCUT2D eigenvalue weighted by atomic mass is 16.5. The summed E-state index contributed by atoms with van der Waals surface area (Å²) in [6, 6.07) is 8.15. The first-order valence-corrected chi connectivity index (χ1v) is 5.70. The molecule has 0 amide bonds. The molecule has 1 aromatic rings. The summed E-state index contributed by atoms with van der Waals surface area (Å²) in [5.41, 5.74) is 7.03. The molecule has 1 rings (SSSR count).